The molecule has 1 aliphatic rings. The number of carbonyl (C=O) groups is 2. The van der Waals surface area contributed by atoms with Crippen LogP contribution in [0.25, 0.3) is 10.2 Å². The maximum absolute atomic E-state index is 12.9. The standard InChI is InChI=1S/C23H33N3O3S2/c1-22(2,3)20(28)26-12-7-8-17(26)19(27)24-15-9-10-16-18(14-15)31-21(25-16)30-13-11-23(4,5)29-6/h9-10,14,17H,7-8,11-13H2,1-6H3,(H,24,27). The molecule has 6 nitrogen and oxygen atoms in total. The molecule has 1 unspecified atom stereocenters. The molecule has 1 aliphatic heterocycles. The van der Waals surface area contributed by atoms with Crippen molar-refractivity contribution in [2.75, 3.05) is 24.7 Å². The molecule has 2 heterocycles. The van der Waals surface area contributed by atoms with Crippen LogP contribution < -0.4 is 5.32 Å². The lowest BCUT2D eigenvalue weighted by Gasteiger charge is -2.30. The Balaban J connectivity index is 1.65. The molecule has 1 N–H and O–H groups in total. The van der Waals surface area contributed by atoms with Crippen LogP contribution >= 0.6 is 23.1 Å². The summed E-state index contributed by atoms with van der Waals surface area (Å²) in [5.41, 5.74) is 1.05. The number of amides is 2. The summed E-state index contributed by atoms with van der Waals surface area (Å²) in [4.78, 5) is 32.1. The predicted octanol–water partition coefficient (Wildman–Crippen LogP) is 5.18. The Kier molecular flexibility index (Phi) is 7.33. The second kappa shape index (κ2) is 9.46. The largest absolute Gasteiger partial charge is 0.379 e. The topological polar surface area (TPSA) is 71.5 Å². The Morgan fingerprint density at radius 3 is 2.71 bits per heavy atom. The quantitative estimate of drug-likeness (QED) is 0.573. The third-order valence-corrected chi connectivity index (χ3v) is 7.74. The molecular formula is C23H33N3O3S2. The molecule has 0 aliphatic carbocycles. The van der Waals surface area contributed by atoms with Crippen molar-refractivity contribution in [2.45, 2.75) is 69.9 Å². The van der Waals surface area contributed by atoms with Gasteiger partial charge in [0.15, 0.2) is 4.34 Å². The number of hydrogen-bond acceptors (Lipinski definition) is 6. The number of carbonyl (C=O) groups excluding carboxylic acids is 2. The Morgan fingerprint density at radius 2 is 2.03 bits per heavy atom. The Labute approximate surface area is 193 Å². The molecular weight excluding hydrogens is 430 g/mol. The highest BCUT2D eigenvalue weighted by atomic mass is 32.2. The highest BCUT2D eigenvalue weighted by molar-refractivity contribution is 8.01. The fourth-order valence-electron chi connectivity index (χ4n) is 3.47. The van der Waals surface area contributed by atoms with Crippen LogP contribution in [0.15, 0.2) is 22.5 Å². The summed E-state index contributed by atoms with van der Waals surface area (Å²) in [6, 6.07) is 5.39. The van der Waals surface area contributed by atoms with Crippen molar-refractivity contribution in [1.82, 2.24) is 9.88 Å². The smallest absolute Gasteiger partial charge is 0.247 e. The van der Waals surface area contributed by atoms with Crippen LogP contribution in [0.2, 0.25) is 0 Å². The van der Waals surface area contributed by atoms with E-state index < -0.39 is 11.5 Å². The van der Waals surface area contributed by atoms with Gasteiger partial charge in [-0.3, -0.25) is 9.59 Å². The molecule has 0 spiro atoms. The number of rotatable bonds is 7. The number of nitrogens with zero attached hydrogens (tertiary/aromatic N) is 2. The highest BCUT2D eigenvalue weighted by Gasteiger charge is 2.38. The van der Waals surface area contributed by atoms with Crippen molar-refractivity contribution < 1.29 is 14.3 Å². The fourth-order valence-corrected chi connectivity index (χ4v) is 5.89. The van der Waals surface area contributed by atoms with Crippen molar-refractivity contribution in [3.63, 3.8) is 0 Å². The van der Waals surface area contributed by atoms with Gasteiger partial charge in [0, 0.05) is 30.5 Å². The van der Waals surface area contributed by atoms with Crippen LogP contribution in [0.3, 0.4) is 0 Å². The average molecular weight is 464 g/mol. The van der Waals surface area contributed by atoms with Crippen molar-refractivity contribution in [3.8, 4) is 0 Å². The third-order valence-electron chi connectivity index (χ3n) is 5.58. The van der Waals surface area contributed by atoms with Gasteiger partial charge in [-0.1, -0.05) is 32.5 Å². The number of likely N-dealkylation sites (tertiary alicyclic amines) is 1. The number of benzene rings is 1. The van der Waals surface area contributed by atoms with E-state index in [2.05, 4.69) is 19.2 Å². The van der Waals surface area contributed by atoms with E-state index in [1.54, 1.807) is 35.1 Å². The second-order valence-electron chi connectivity index (χ2n) is 9.62. The van der Waals surface area contributed by atoms with E-state index >= 15 is 0 Å². The molecule has 31 heavy (non-hydrogen) atoms. The molecule has 2 aromatic rings. The van der Waals surface area contributed by atoms with E-state index in [4.69, 9.17) is 9.72 Å². The Morgan fingerprint density at radius 1 is 1.29 bits per heavy atom. The summed E-state index contributed by atoms with van der Waals surface area (Å²) < 4.78 is 7.53. The summed E-state index contributed by atoms with van der Waals surface area (Å²) in [6.45, 7) is 10.5. The number of ether oxygens (including phenoxy) is 1. The Bertz CT molecular complexity index is 949. The van der Waals surface area contributed by atoms with Crippen LogP contribution in [0.5, 0.6) is 0 Å². The van der Waals surface area contributed by atoms with Gasteiger partial charge < -0.3 is 15.0 Å². The third kappa shape index (κ3) is 5.99. The monoisotopic (exact) mass is 463 g/mol. The number of nitrogens with one attached hydrogen (secondary N) is 1. The van der Waals surface area contributed by atoms with Gasteiger partial charge in [0.1, 0.15) is 6.04 Å². The SMILES string of the molecule is COC(C)(C)CCSc1nc2ccc(NC(=O)C3CCCN3C(=O)C(C)(C)C)cc2s1. The summed E-state index contributed by atoms with van der Waals surface area (Å²) in [7, 11) is 1.74. The molecule has 1 aromatic carbocycles. The first kappa shape index (κ1) is 24.0. The number of hydrogen-bond donors (Lipinski definition) is 1. The number of thiazole rings is 1. The van der Waals surface area contributed by atoms with Gasteiger partial charge in [-0.25, -0.2) is 4.98 Å². The molecule has 170 valence electrons. The van der Waals surface area contributed by atoms with Crippen LogP contribution in [0, 0.1) is 5.41 Å². The maximum Gasteiger partial charge on any atom is 0.247 e. The van der Waals surface area contributed by atoms with Crippen LogP contribution in [0.4, 0.5) is 5.69 Å². The fraction of sp³-hybridized carbons (Fsp3) is 0.609. The number of fused-ring (bicyclic) bond motifs is 1. The molecule has 0 saturated carbocycles. The second-order valence-corrected chi connectivity index (χ2v) is 12.0. The normalized spacial score (nSPS) is 17.4. The van der Waals surface area contributed by atoms with E-state index in [0.29, 0.717) is 13.0 Å². The van der Waals surface area contributed by atoms with Gasteiger partial charge in [0.2, 0.25) is 11.8 Å². The van der Waals surface area contributed by atoms with E-state index in [1.807, 2.05) is 39.0 Å². The Hall–Kier alpha value is -1.64. The number of anilines is 1. The molecule has 3 rings (SSSR count). The number of aromatic nitrogens is 1. The zero-order valence-corrected chi connectivity index (χ0v) is 20.9. The van der Waals surface area contributed by atoms with Gasteiger partial charge in [-0.15, -0.1) is 11.3 Å². The summed E-state index contributed by atoms with van der Waals surface area (Å²) >= 11 is 3.36. The van der Waals surface area contributed by atoms with E-state index in [-0.39, 0.29) is 17.4 Å². The number of methoxy groups -OCH3 is 1. The first-order chi connectivity index (χ1) is 14.5. The van der Waals surface area contributed by atoms with E-state index in [9.17, 15) is 9.59 Å². The molecule has 0 radical (unpaired) electrons. The van der Waals surface area contributed by atoms with Crippen molar-refractivity contribution >= 4 is 50.8 Å². The minimum atomic E-state index is -0.489. The first-order valence-corrected chi connectivity index (χ1v) is 12.5. The molecule has 1 atom stereocenters. The van der Waals surface area contributed by atoms with Crippen LogP contribution in [-0.2, 0) is 14.3 Å². The molecule has 2 amide bonds. The molecule has 1 aromatic heterocycles. The lowest BCUT2D eigenvalue weighted by molar-refractivity contribution is -0.143. The maximum atomic E-state index is 12.9. The zero-order chi connectivity index (χ0) is 22.8. The summed E-state index contributed by atoms with van der Waals surface area (Å²) in [6.07, 6.45) is 2.50. The molecule has 8 heteroatoms. The lowest BCUT2D eigenvalue weighted by Crippen LogP contribution is -2.47. The first-order valence-electron chi connectivity index (χ1n) is 10.7. The van der Waals surface area contributed by atoms with E-state index in [1.165, 1.54) is 0 Å². The van der Waals surface area contributed by atoms with Crippen molar-refractivity contribution in [1.29, 1.82) is 0 Å². The lowest BCUT2D eigenvalue weighted by atomic mass is 9.94. The van der Waals surface area contributed by atoms with E-state index in [0.717, 1.165) is 38.8 Å². The van der Waals surface area contributed by atoms with Gasteiger partial charge in [0.05, 0.1) is 15.8 Å². The summed E-state index contributed by atoms with van der Waals surface area (Å²) in [5, 5.41) is 3.01. The molecule has 1 saturated heterocycles. The van der Waals surface area contributed by atoms with Crippen LogP contribution in [-0.4, -0.2) is 52.7 Å². The molecule has 1 fully saturated rings. The summed E-state index contributed by atoms with van der Waals surface area (Å²) in [5.74, 6) is 0.848. The molecule has 0 bridgehead atoms. The van der Waals surface area contributed by atoms with Crippen LogP contribution in [0.1, 0.15) is 53.9 Å². The zero-order valence-electron chi connectivity index (χ0n) is 19.3. The minimum Gasteiger partial charge on any atom is -0.379 e. The average Bonchev–Trinajstić information content (AvgIpc) is 3.32. The highest BCUT2D eigenvalue weighted by Crippen LogP contribution is 2.33. The number of thioether (sulfide) groups is 1. The van der Waals surface area contributed by atoms with Gasteiger partial charge in [0.25, 0.3) is 0 Å². The van der Waals surface area contributed by atoms with Gasteiger partial charge in [-0.2, -0.15) is 0 Å². The van der Waals surface area contributed by atoms with Gasteiger partial charge >= 0.3 is 0 Å². The van der Waals surface area contributed by atoms with Crippen molar-refractivity contribution in [3.05, 3.63) is 18.2 Å². The minimum absolute atomic E-state index is 0.0291. The van der Waals surface area contributed by atoms with Gasteiger partial charge in [-0.05, 0) is 51.3 Å². The van der Waals surface area contributed by atoms with Crippen molar-refractivity contribution in [2.24, 2.45) is 5.41 Å². The predicted molar refractivity (Wildman–Crippen MR) is 129 cm³/mol.